The fourth-order valence-corrected chi connectivity index (χ4v) is 2.21. The highest BCUT2D eigenvalue weighted by molar-refractivity contribution is 5.96. The molecule has 0 spiro atoms. The van der Waals surface area contributed by atoms with Gasteiger partial charge >= 0.3 is 6.03 Å². The first kappa shape index (κ1) is 17.2. The van der Waals surface area contributed by atoms with Crippen LogP contribution in [-0.4, -0.2) is 29.1 Å². The van der Waals surface area contributed by atoms with E-state index in [9.17, 15) is 14.7 Å². The molecule has 1 aromatic rings. The largest absolute Gasteiger partial charge is 0.388 e. The molecule has 1 rings (SSSR count). The second-order valence-electron chi connectivity index (χ2n) is 6.04. The van der Waals surface area contributed by atoms with Gasteiger partial charge in [0.15, 0.2) is 5.78 Å². The Kier molecular flexibility index (Phi) is 5.90. The molecule has 0 heterocycles. The minimum atomic E-state index is -0.938. The average Bonchev–Trinajstić information content (AvgIpc) is 2.35. The van der Waals surface area contributed by atoms with Crippen LogP contribution in [0.15, 0.2) is 24.3 Å². The summed E-state index contributed by atoms with van der Waals surface area (Å²) in [6, 6.07) is 6.33. The molecular weight excluding hydrogens is 268 g/mol. The van der Waals surface area contributed by atoms with Crippen molar-refractivity contribution in [2.24, 2.45) is 5.92 Å². The molecule has 0 radical (unpaired) electrons. The van der Waals surface area contributed by atoms with E-state index in [0.29, 0.717) is 23.6 Å². The molecular formula is C16H24N2O3. The van der Waals surface area contributed by atoms with E-state index in [0.717, 1.165) is 0 Å². The Balaban J connectivity index is 2.54. The maximum atomic E-state index is 11.8. The van der Waals surface area contributed by atoms with Crippen molar-refractivity contribution in [1.82, 2.24) is 5.32 Å². The number of urea groups is 1. The third-order valence-corrected chi connectivity index (χ3v) is 3.00. The molecule has 0 aliphatic heterocycles. The molecule has 5 nitrogen and oxygen atoms in total. The average molecular weight is 292 g/mol. The van der Waals surface area contributed by atoms with Gasteiger partial charge in [0.05, 0.1) is 5.60 Å². The van der Waals surface area contributed by atoms with Gasteiger partial charge in [-0.05, 0) is 38.3 Å². The predicted molar refractivity (Wildman–Crippen MR) is 83.5 cm³/mol. The molecule has 0 bridgehead atoms. The lowest BCUT2D eigenvalue weighted by molar-refractivity contribution is 0.0413. The monoisotopic (exact) mass is 292 g/mol. The molecule has 1 unspecified atom stereocenters. The lowest BCUT2D eigenvalue weighted by atomic mass is 9.94. The minimum absolute atomic E-state index is 0.0566. The molecule has 0 fully saturated rings. The van der Waals surface area contributed by atoms with E-state index < -0.39 is 11.6 Å². The highest BCUT2D eigenvalue weighted by Crippen LogP contribution is 2.15. The maximum Gasteiger partial charge on any atom is 0.319 e. The molecule has 116 valence electrons. The number of benzene rings is 1. The summed E-state index contributed by atoms with van der Waals surface area (Å²) in [6.45, 7) is 7.37. The molecule has 0 saturated carbocycles. The van der Waals surface area contributed by atoms with Crippen molar-refractivity contribution >= 4 is 17.5 Å². The van der Waals surface area contributed by atoms with Crippen LogP contribution in [0.25, 0.3) is 0 Å². The van der Waals surface area contributed by atoms with Gasteiger partial charge in [-0.25, -0.2) is 4.79 Å². The van der Waals surface area contributed by atoms with Gasteiger partial charge in [0.1, 0.15) is 0 Å². The fourth-order valence-electron chi connectivity index (χ4n) is 2.21. The van der Waals surface area contributed by atoms with Gasteiger partial charge in [-0.15, -0.1) is 0 Å². The van der Waals surface area contributed by atoms with Crippen LogP contribution in [0.2, 0.25) is 0 Å². The lowest BCUT2D eigenvalue weighted by Gasteiger charge is -2.25. The predicted octanol–water partition coefficient (Wildman–Crippen LogP) is 2.81. The molecule has 3 N–H and O–H groups in total. The summed E-state index contributed by atoms with van der Waals surface area (Å²) in [4.78, 5) is 23.1. The zero-order valence-electron chi connectivity index (χ0n) is 13.1. The van der Waals surface area contributed by atoms with Gasteiger partial charge in [0.25, 0.3) is 0 Å². The van der Waals surface area contributed by atoms with Crippen molar-refractivity contribution in [3.63, 3.8) is 0 Å². The summed E-state index contributed by atoms with van der Waals surface area (Å²) < 4.78 is 0. The molecule has 1 atom stereocenters. The number of amides is 2. The van der Waals surface area contributed by atoms with Gasteiger partial charge < -0.3 is 15.7 Å². The molecule has 5 heteroatoms. The first-order valence-electron chi connectivity index (χ1n) is 7.08. The van der Waals surface area contributed by atoms with Gasteiger partial charge in [-0.2, -0.15) is 0 Å². The van der Waals surface area contributed by atoms with Crippen LogP contribution in [0.1, 0.15) is 44.5 Å². The van der Waals surface area contributed by atoms with Crippen molar-refractivity contribution in [2.75, 3.05) is 11.9 Å². The van der Waals surface area contributed by atoms with E-state index in [1.807, 2.05) is 13.8 Å². The fraction of sp³-hybridized carbons (Fsp3) is 0.500. The number of ketones is 1. The van der Waals surface area contributed by atoms with Crippen molar-refractivity contribution in [3.8, 4) is 0 Å². The van der Waals surface area contributed by atoms with Crippen molar-refractivity contribution in [3.05, 3.63) is 29.8 Å². The smallest absolute Gasteiger partial charge is 0.319 e. The SMILES string of the molecule is CC(=O)c1cccc(NC(=O)NCC(C)(O)CC(C)C)c1. The first-order valence-corrected chi connectivity index (χ1v) is 7.08. The second-order valence-corrected chi connectivity index (χ2v) is 6.04. The molecule has 0 aromatic heterocycles. The summed E-state index contributed by atoms with van der Waals surface area (Å²) in [5.74, 6) is 0.288. The molecule has 0 saturated heterocycles. The Labute approximate surface area is 125 Å². The Morgan fingerprint density at radius 3 is 2.57 bits per heavy atom. The van der Waals surface area contributed by atoms with Crippen LogP contribution >= 0.6 is 0 Å². The van der Waals surface area contributed by atoms with Gasteiger partial charge in [-0.1, -0.05) is 26.0 Å². The number of aliphatic hydroxyl groups is 1. The van der Waals surface area contributed by atoms with E-state index >= 15 is 0 Å². The molecule has 21 heavy (non-hydrogen) atoms. The van der Waals surface area contributed by atoms with Crippen LogP contribution in [0, 0.1) is 5.92 Å². The quantitative estimate of drug-likeness (QED) is 0.705. The number of hydrogen-bond acceptors (Lipinski definition) is 3. The minimum Gasteiger partial charge on any atom is -0.388 e. The number of rotatable bonds is 6. The van der Waals surface area contributed by atoms with Gasteiger partial charge in [0, 0.05) is 17.8 Å². The zero-order valence-corrected chi connectivity index (χ0v) is 13.1. The highest BCUT2D eigenvalue weighted by Gasteiger charge is 2.22. The van der Waals surface area contributed by atoms with Crippen LogP contribution in [-0.2, 0) is 0 Å². The summed E-state index contributed by atoms with van der Waals surface area (Å²) >= 11 is 0. The van der Waals surface area contributed by atoms with Crippen molar-refractivity contribution in [1.29, 1.82) is 0 Å². The number of nitrogens with one attached hydrogen (secondary N) is 2. The van der Waals surface area contributed by atoms with Crippen LogP contribution in [0.5, 0.6) is 0 Å². The van der Waals surface area contributed by atoms with Crippen molar-refractivity contribution < 1.29 is 14.7 Å². The number of hydrogen-bond donors (Lipinski definition) is 3. The lowest BCUT2D eigenvalue weighted by Crippen LogP contribution is -2.43. The van der Waals surface area contributed by atoms with Crippen LogP contribution < -0.4 is 10.6 Å². The van der Waals surface area contributed by atoms with E-state index in [2.05, 4.69) is 10.6 Å². The number of carbonyl (C=O) groups excluding carboxylic acids is 2. The molecule has 0 aliphatic rings. The Morgan fingerprint density at radius 2 is 2.00 bits per heavy atom. The second kappa shape index (κ2) is 7.22. The molecule has 1 aromatic carbocycles. The van der Waals surface area contributed by atoms with Crippen LogP contribution in [0.4, 0.5) is 10.5 Å². The molecule has 0 aliphatic carbocycles. The van der Waals surface area contributed by atoms with E-state index in [1.165, 1.54) is 6.92 Å². The zero-order chi connectivity index (χ0) is 16.0. The summed E-state index contributed by atoms with van der Waals surface area (Å²) in [5, 5.41) is 15.4. The van der Waals surface area contributed by atoms with E-state index in [1.54, 1.807) is 31.2 Å². The molecule has 2 amide bonds. The van der Waals surface area contributed by atoms with Crippen molar-refractivity contribution in [2.45, 2.75) is 39.7 Å². The number of Topliss-reactive ketones (excluding diaryl/α,β-unsaturated/α-hetero) is 1. The summed E-state index contributed by atoms with van der Waals surface area (Å²) in [7, 11) is 0. The van der Waals surface area contributed by atoms with Crippen LogP contribution in [0.3, 0.4) is 0 Å². The van der Waals surface area contributed by atoms with E-state index in [-0.39, 0.29) is 12.3 Å². The standard InChI is InChI=1S/C16H24N2O3/c1-11(2)9-16(4,21)10-17-15(20)18-14-7-5-6-13(8-14)12(3)19/h5-8,11,21H,9-10H2,1-4H3,(H2,17,18,20). The normalized spacial score (nSPS) is 13.6. The Morgan fingerprint density at radius 1 is 1.33 bits per heavy atom. The van der Waals surface area contributed by atoms with E-state index in [4.69, 9.17) is 0 Å². The Bertz CT molecular complexity index is 510. The first-order chi connectivity index (χ1) is 9.69. The maximum absolute atomic E-state index is 11.8. The topological polar surface area (TPSA) is 78.4 Å². The highest BCUT2D eigenvalue weighted by atomic mass is 16.3. The van der Waals surface area contributed by atoms with Gasteiger partial charge in [-0.3, -0.25) is 4.79 Å². The number of anilines is 1. The third kappa shape index (κ3) is 6.40. The Hall–Kier alpha value is -1.88. The summed E-state index contributed by atoms with van der Waals surface area (Å²) in [6.07, 6.45) is 0.604. The summed E-state index contributed by atoms with van der Waals surface area (Å²) in [5.41, 5.74) is 0.149. The number of carbonyl (C=O) groups is 2. The van der Waals surface area contributed by atoms with Gasteiger partial charge in [0.2, 0.25) is 0 Å². The third-order valence-electron chi connectivity index (χ3n) is 3.00.